The molecule has 0 bridgehead atoms. The van der Waals surface area contributed by atoms with Gasteiger partial charge in [-0.15, -0.1) is 0 Å². The van der Waals surface area contributed by atoms with Gasteiger partial charge in [0, 0.05) is 12.8 Å². The third-order valence-corrected chi connectivity index (χ3v) is 8.92. The van der Waals surface area contributed by atoms with Crippen LogP contribution in [0.2, 0.25) is 0 Å². The zero-order valence-corrected chi connectivity index (χ0v) is 32.7. The van der Waals surface area contributed by atoms with Gasteiger partial charge in [-0.25, -0.2) is 4.57 Å². The molecule has 0 heterocycles. The Morgan fingerprint density at radius 3 is 1.67 bits per heavy atom. The predicted octanol–water partition coefficient (Wildman–Crippen LogP) is 9.77. The van der Waals surface area contributed by atoms with Crippen LogP contribution in [0, 0.1) is 0 Å². The van der Waals surface area contributed by atoms with Crippen LogP contribution in [0.5, 0.6) is 0 Å². The second-order valence-electron chi connectivity index (χ2n) is 12.9. The van der Waals surface area contributed by atoms with E-state index in [2.05, 4.69) is 67.0 Å². The van der Waals surface area contributed by atoms with E-state index in [9.17, 15) is 24.2 Å². The van der Waals surface area contributed by atoms with Crippen molar-refractivity contribution < 1.29 is 47.8 Å². The zero-order valence-electron chi connectivity index (χ0n) is 31.8. The highest BCUT2D eigenvalue weighted by molar-refractivity contribution is 7.47. The molecule has 0 aliphatic heterocycles. The normalized spacial score (nSPS) is 14.5. The Morgan fingerprint density at radius 2 is 1.08 bits per heavy atom. The second-order valence-corrected chi connectivity index (χ2v) is 14.4. The summed E-state index contributed by atoms with van der Waals surface area (Å²) in [5.74, 6) is -0.973. The van der Waals surface area contributed by atoms with Crippen molar-refractivity contribution in [3.63, 3.8) is 0 Å². The van der Waals surface area contributed by atoms with E-state index in [-0.39, 0.29) is 19.4 Å². The first-order valence-corrected chi connectivity index (χ1v) is 21.1. The summed E-state index contributed by atoms with van der Waals surface area (Å²) in [7, 11) is -4.62. The van der Waals surface area contributed by atoms with Gasteiger partial charge in [0.2, 0.25) is 0 Å². The molecule has 51 heavy (non-hydrogen) atoms. The topological polar surface area (TPSA) is 149 Å². The summed E-state index contributed by atoms with van der Waals surface area (Å²) in [4.78, 5) is 34.8. The highest BCUT2D eigenvalue weighted by Gasteiger charge is 2.27. The van der Waals surface area contributed by atoms with Gasteiger partial charge in [-0.1, -0.05) is 120 Å². The van der Waals surface area contributed by atoms with Crippen LogP contribution in [0.3, 0.4) is 0 Å². The van der Waals surface area contributed by atoms with E-state index in [0.29, 0.717) is 12.8 Å². The fourth-order valence-electron chi connectivity index (χ4n) is 4.94. The number of aliphatic hydroxyl groups excluding tert-OH is 2. The third kappa shape index (κ3) is 36.1. The first kappa shape index (κ1) is 48.9. The number of carbonyl (C=O) groups is 2. The number of esters is 2. The van der Waals surface area contributed by atoms with E-state index in [1.54, 1.807) is 0 Å². The van der Waals surface area contributed by atoms with E-state index in [0.717, 1.165) is 77.0 Å². The summed E-state index contributed by atoms with van der Waals surface area (Å²) in [6.07, 6.45) is 36.6. The van der Waals surface area contributed by atoms with Crippen molar-refractivity contribution in [2.45, 2.75) is 167 Å². The maximum absolute atomic E-state index is 12.5. The minimum atomic E-state index is -4.62. The smallest absolute Gasteiger partial charge is 0.462 e. The van der Waals surface area contributed by atoms with Gasteiger partial charge in [0.05, 0.1) is 19.8 Å². The van der Waals surface area contributed by atoms with Crippen molar-refractivity contribution in [2.24, 2.45) is 0 Å². The molecular formula is C40H71O10P. The highest BCUT2D eigenvalue weighted by Crippen LogP contribution is 2.43. The number of unbranched alkanes of at least 4 members (excludes halogenated alkanes) is 14. The number of hydrogen-bond acceptors (Lipinski definition) is 9. The Morgan fingerprint density at radius 1 is 0.608 bits per heavy atom. The van der Waals surface area contributed by atoms with Gasteiger partial charge in [-0.05, 0) is 70.6 Å². The Hall–Kier alpha value is -2.07. The number of phosphoric acid groups is 1. The van der Waals surface area contributed by atoms with E-state index < -0.39 is 51.8 Å². The molecule has 10 nitrogen and oxygen atoms in total. The van der Waals surface area contributed by atoms with Gasteiger partial charge >= 0.3 is 19.8 Å². The second kappa shape index (κ2) is 36.3. The standard InChI is InChI=1S/C40H71O10P/c1-3-5-7-9-11-13-15-17-18-20-21-23-25-27-29-31-39(43)47-35-38(36-49-51(45,46)48-34-37(42)33-41)50-40(44)32-30-28-26-24-22-19-16-14-12-10-8-6-4-2/h6,8,12,14,17-19,22,37-38,41-42H,3-5,7,9-11,13,15-16,20-21,23-36H2,1-2H3,(H,45,46)/b8-6-,14-12-,18-17-,22-19-. The van der Waals surface area contributed by atoms with Crippen LogP contribution in [0.4, 0.5) is 0 Å². The molecule has 0 fully saturated rings. The van der Waals surface area contributed by atoms with Gasteiger partial charge in [-0.3, -0.25) is 18.6 Å². The van der Waals surface area contributed by atoms with Crippen LogP contribution in [-0.2, 0) is 32.7 Å². The molecule has 0 aromatic carbocycles. The summed E-state index contributed by atoms with van der Waals surface area (Å²) >= 11 is 0. The molecule has 0 aliphatic rings. The van der Waals surface area contributed by atoms with Crippen molar-refractivity contribution >= 4 is 19.8 Å². The van der Waals surface area contributed by atoms with Crippen LogP contribution in [0.25, 0.3) is 0 Å². The number of ether oxygens (including phenoxy) is 2. The molecule has 0 saturated heterocycles. The number of hydrogen-bond donors (Lipinski definition) is 3. The van der Waals surface area contributed by atoms with Gasteiger partial charge in [-0.2, -0.15) is 0 Å². The first-order chi connectivity index (χ1) is 24.7. The lowest BCUT2D eigenvalue weighted by Gasteiger charge is -2.20. The average molecular weight is 743 g/mol. The van der Waals surface area contributed by atoms with Crippen LogP contribution >= 0.6 is 7.82 Å². The van der Waals surface area contributed by atoms with Crippen molar-refractivity contribution in [3.8, 4) is 0 Å². The summed E-state index contributed by atoms with van der Waals surface area (Å²) in [6, 6.07) is 0. The number of phosphoric ester groups is 1. The number of aliphatic hydroxyl groups is 2. The summed E-state index contributed by atoms with van der Waals surface area (Å²) in [5, 5.41) is 18.3. The molecule has 0 aliphatic carbocycles. The Kier molecular flexibility index (Phi) is 34.8. The SMILES string of the molecule is CC/C=C\C/C=C\C/C=C\CCCCCC(=O)OC(COC(=O)CCCCCCC/C=C\CCCCCCCC)COP(=O)(O)OCC(O)CO. The molecule has 0 amide bonds. The molecule has 3 atom stereocenters. The van der Waals surface area contributed by atoms with Gasteiger partial charge < -0.3 is 24.6 Å². The third-order valence-electron chi connectivity index (χ3n) is 7.97. The average Bonchev–Trinajstić information content (AvgIpc) is 3.12. The lowest BCUT2D eigenvalue weighted by Crippen LogP contribution is -2.29. The number of allylic oxidation sites excluding steroid dienone is 8. The Labute approximate surface area is 309 Å². The molecule has 0 aromatic heterocycles. The fourth-order valence-corrected chi connectivity index (χ4v) is 5.73. The quantitative estimate of drug-likeness (QED) is 0.0245. The molecular weight excluding hydrogens is 671 g/mol. The molecule has 3 unspecified atom stereocenters. The van der Waals surface area contributed by atoms with Crippen molar-refractivity contribution in [3.05, 3.63) is 48.6 Å². The molecule has 0 aromatic rings. The number of carbonyl (C=O) groups excluding carboxylic acids is 2. The summed E-state index contributed by atoms with van der Waals surface area (Å²) in [5.41, 5.74) is 0. The minimum absolute atomic E-state index is 0.146. The summed E-state index contributed by atoms with van der Waals surface area (Å²) in [6.45, 7) is 2.19. The lowest BCUT2D eigenvalue weighted by molar-refractivity contribution is -0.161. The van der Waals surface area contributed by atoms with E-state index in [4.69, 9.17) is 19.1 Å². The first-order valence-electron chi connectivity index (χ1n) is 19.6. The van der Waals surface area contributed by atoms with E-state index >= 15 is 0 Å². The highest BCUT2D eigenvalue weighted by atomic mass is 31.2. The molecule has 3 N–H and O–H groups in total. The van der Waals surface area contributed by atoms with Crippen molar-refractivity contribution in [1.29, 1.82) is 0 Å². The fraction of sp³-hybridized carbons (Fsp3) is 0.750. The molecule has 0 rings (SSSR count). The van der Waals surface area contributed by atoms with Crippen LogP contribution in [-0.4, -0.2) is 65.7 Å². The van der Waals surface area contributed by atoms with Crippen molar-refractivity contribution in [1.82, 2.24) is 0 Å². The predicted molar refractivity (Wildman–Crippen MR) is 205 cm³/mol. The van der Waals surface area contributed by atoms with Crippen LogP contribution in [0.15, 0.2) is 48.6 Å². The largest absolute Gasteiger partial charge is 0.472 e. The minimum Gasteiger partial charge on any atom is -0.462 e. The molecule has 296 valence electrons. The molecule has 0 radical (unpaired) electrons. The van der Waals surface area contributed by atoms with Crippen molar-refractivity contribution in [2.75, 3.05) is 26.4 Å². The van der Waals surface area contributed by atoms with Crippen LogP contribution < -0.4 is 0 Å². The maximum atomic E-state index is 12.5. The summed E-state index contributed by atoms with van der Waals surface area (Å²) < 4.78 is 32.6. The van der Waals surface area contributed by atoms with E-state index in [1.165, 1.54) is 38.5 Å². The molecule has 0 saturated carbocycles. The van der Waals surface area contributed by atoms with E-state index in [1.807, 2.05) is 0 Å². The lowest BCUT2D eigenvalue weighted by atomic mass is 10.1. The number of rotatable bonds is 36. The van der Waals surface area contributed by atoms with Gasteiger partial charge in [0.1, 0.15) is 12.7 Å². The maximum Gasteiger partial charge on any atom is 0.472 e. The van der Waals surface area contributed by atoms with Crippen LogP contribution in [0.1, 0.15) is 155 Å². The molecule has 0 spiro atoms. The van der Waals surface area contributed by atoms with Gasteiger partial charge in [0.15, 0.2) is 6.10 Å². The monoisotopic (exact) mass is 742 g/mol. The van der Waals surface area contributed by atoms with Gasteiger partial charge in [0.25, 0.3) is 0 Å². The zero-order chi connectivity index (χ0) is 37.7. The Balaban J connectivity index is 4.41. The Bertz CT molecular complexity index is 994. The molecule has 11 heteroatoms.